The van der Waals surface area contributed by atoms with Crippen molar-refractivity contribution in [2.45, 2.75) is 32.9 Å². The van der Waals surface area contributed by atoms with E-state index < -0.39 is 15.6 Å². The third-order valence-electron chi connectivity index (χ3n) is 2.65. The van der Waals surface area contributed by atoms with E-state index in [0.717, 1.165) is 17.4 Å². The molecule has 1 aromatic carbocycles. The normalized spacial score (nSPS) is 12.7. The van der Waals surface area contributed by atoms with Crippen LogP contribution >= 0.6 is 0 Å². The van der Waals surface area contributed by atoms with E-state index in [4.69, 9.17) is 0 Å². The first-order chi connectivity index (χ1) is 8.59. The van der Waals surface area contributed by atoms with E-state index in [9.17, 15) is 12.8 Å². The van der Waals surface area contributed by atoms with Crippen LogP contribution in [0.5, 0.6) is 0 Å². The van der Waals surface area contributed by atoms with Gasteiger partial charge in [0, 0.05) is 18.6 Å². The molecule has 0 aromatic heterocycles. The maximum atomic E-state index is 12.9. The lowest BCUT2D eigenvalue weighted by molar-refractivity contribution is 0.420. The SMILES string of the molecule is Cc1cc(F)ccc1CNCC(C)(C)NS(C)(=O)=O. The van der Waals surface area contributed by atoms with Crippen molar-refractivity contribution in [2.75, 3.05) is 12.8 Å². The van der Waals surface area contributed by atoms with Crippen molar-refractivity contribution in [3.63, 3.8) is 0 Å². The van der Waals surface area contributed by atoms with Crippen LogP contribution < -0.4 is 10.0 Å². The minimum absolute atomic E-state index is 0.250. The van der Waals surface area contributed by atoms with E-state index >= 15 is 0 Å². The Balaban J connectivity index is 2.54. The van der Waals surface area contributed by atoms with Gasteiger partial charge in [-0.2, -0.15) is 0 Å². The minimum atomic E-state index is -3.23. The first-order valence-corrected chi connectivity index (χ1v) is 7.93. The van der Waals surface area contributed by atoms with Crippen LogP contribution in [0.2, 0.25) is 0 Å². The Hall–Kier alpha value is -0.980. The molecule has 0 amide bonds. The fraction of sp³-hybridized carbons (Fsp3) is 0.538. The van der Waals surface area contributed by atoms with Crippen LogP contribution in [0.4, 0.5) is 4.39 Å². The number of aryl methyl sites for hydroxylation is 1. The molecule has 0 radical (unpaired) electrons. The van der Waals surface area contributed by atoms with Crippen LogP contribution in [0.1, 0.15) is 25.0 Å². The molecule has 0 saturated heterocycles. The van der Waals surface area contributed by atoms with E-state index in [2.05, 4.69) is 10.0 Å². The van der Waals surface area contributed by atoms with Crippen LogP contribution in [-0.4, -0.2) is 26.8 Å². The van der Waals surface area contributed by atoms with E-state index in [-0.39, 0.29) is 5.82 Å². The summed E-state index contributed by atoms with van der Waals surface area (Å²) in [6.45, 7) is 6.51. The number of rotatable bonds is 6. The second-order valence-electron chi connectivity index (χ2n) is 5.43. The third-order valence-corrected chi connectivity index (χ3v) is 3.57. The van der Waals surface area contributed by atoms with Gasteiger partial charge in [0.25, 0.3) is 0 Å². The lowest BCUT2D eigenvalue weighted by Crippen LogP contribution is -2.49. The molecule has 0 aliphatic heterocycles. The first-order valence-electron chi connectivity index (χ1n) is 6.04. The first kappa shape index (κ1) is 16.1. The summed E-state index contributed by atoms with van der Waals surface area (Å²) in [7, 11) is -3.23. The second kappa shape index (κ2) is 5.98. The van der Waals surface area contributed by atoms with Crippen molar-refractivity contribution >= 4 is 10.0 Å². The zero-order chi connectivity index (χ0) is 14.7. The molecule has 1 rings (SSSR count). The quantitative estimate of drug-likeness (QED) is 0.835. The lowest BCUT2D eigenvalue weighted by Gasteiger charge is -2.25. The van der Waals surface area contributed by atoms with Gasteiger partial charge in [-0.25, -0.2) is 17.5 Å². The molecule has 0 bridgehead atoms. The number of hydrogen-bond acceptors (Lipinski definition) is 3. The molecule has 0 heterocycles. The Morgan fingerprint density at radius 1 is 1.32 bits per heavy atom. The fourth-order valence-corrected chi connectivity index (χ4v) is 2.98. The van der Waals surface area contributed by atoms with Gasteiger partial charge in [-0.15, -0.1) is 0 Å². The Morgan fingerprint density at radius 3 is 2.47 bits per heavy atom. The summed E-state index contributed by atoms with van der Waals surface area (Å²) in [5.74, 6) is -0.250. The van der Waals surface area contributed by atoms with Gasteiger partial charge in [-0.05, 0) is 44.0 Å². The van der Waals surface area contributed by atoms with Gasteiger partial charge in [-0.3, -0.25) is 0 Å². The van der Waals surface area contributed by atoms with Crippen LogP contribution in [0.15, 0.2) is 18.2 Å². The number of hydrogen-bond donors (Lipinski definition) is 2. The molecule has 0 fully saturated rings. The van der Waals surface area contributed by atoms with Gasteiger partial charge in [0.2, 0.25) is 10.0 Å². The summed E-state index contributed by atoms with van der Waals surface area (Å²) in [6.07, 6.45) is 1.14. The third kappa shape index (κ3) is 6.13. The number of nitrogens with one attached hydrogen (secondary N) is 2. The second-order valence-corrected chi connectivity index (χ2v) is 7.18. The van der Waals surface area contributed by atoms with Gasteiger partial charge in [0.15, 0.2) is 0 Å². The average Bonchev–Trinajstić information content (AvgIpc) is 2.17. The van der Waals surface area contributed by atoms with E-state index in [1.165, 1.54) is 12.1 Å². The number of halogens is 1. The van der Waals surface area contributed by atoms with Crippen LogP contribution in [-0.2, 0) is 16.6 Å². The molecule has 2 N–H and O–H groups in total. The summed E-state index contributed by atoms with van der Waals surface area (Å²) >= 11 is 0. The predicted molar refractivity (Wildman–Crippen MR) is 74.9 cm³/mol. The van der Waals surface area contributed by atoms with Gasteiger partial charge >= 0.3 is 0 Å². The molecule has 1 aromatic rings. The van der Waals surface area contributed by atoms with Crippen molar-refractivity contribution in [2.24, 2.45) is 0 Å². The predicted octanol–water partition coefficient (Wildman–Crippen LogP) is 1.55. The molecule has 19 heavy (non-hydrogen) atoms. The van der Waals surface area contributed by atoms with E-state index in [1.54, 1.807) is 19.9 Å². The van der Waals surface area contributed by atoms with E-state index in [1.807, 2.05) is 6.92 Å². The zero-order valence-electron chi connectivity index (χ0n) is 11.7. The Kier molecular flexibility index (Phi) is 5.06. The van der Waals surface area contributed by atoms with Crippen molar-refractivity contribution in [3.05, 3.63) is 35.1 Å². The summed E-state index contributed by atoms with van der Waals surface area (Å²) in [6, 6.07) is 4.63. The van der Waals surface area contributed by atoms with Gasteiger partial charge in [0.1, 0.15) is 5.82 Å². The summed E-state index contributed by atoms with van der Waals surface area (Å²) < 4.78 is 37.9. The highest BCUT2D eigenvalue weighted by Gasteiger charge is 2.21. The minimum Gasteiger partial charge on any atom is -0.311 e. The highest BCUT2D eigenvalue weighted by atomic mass is 32.2. The molecule has 0 unspecified atom stereocenters. The van der Waals surface area contributed by atoms with Gasteiger partial charge < -0.3 is 5.32 Å². The molecule has 0 aliphatic carbocycles. The van der Waals surface area contributed by atoms with Crippen molar-refractivity contribution < 1.29 is 12.8 Å². The summed E-state index contributed by atoms with van der Waals surface area (Å²) in [4.78, 5) is 0. The van der Waals surface area contributed by atoms with Gasteiger partial charge in [-0.1, -0.05) is 6.07 Å². The largest absolute Gasteiger partial charge is 0.311 e. The molecule has 0 atom stereocenters. The smallest absolute Gasteiger partial charge is 0.209 e. The van der Waals surface area contributed by atoms with Crippen molar-refractivity contribution in [3.8, 4) is 0 Å². The molecule has 0 spiro atoms. The van der Waals surface area contributed by atoms with Crippen LogP contribution in [0.3, 0.4) is 0 Å². The lowest BCUT2D eigenvalue weighted by atomic mass is 10.1. The molecular weight excluding hydrogens is 267 g/mol. The molecule has 0 saturated carbocycles. The fourth-order valence-electron chi connectivity index (χ4n) is 1.91. The monoisotopic (exact) mass is 288 g/mol. The molecular formula is C13H21FN2O2S. The Morgan fingerprint density at radius 2 is 1.95 bits per heavy atom. The number of sulfonamides is 1. The highest BCUT2D eigenvalue weighted by Crippen LogP contribution is 2.10. The van der Waals surface area contributed by atoms with Crippen LogP contribution in [0.25, 0.3) is 0 Å². The van der Waals surface area contributed by atoms with Crippen molar-refractivity contribution in [1.29, 1.82) is 0 Å². The highest BCUT2D eigenvalue weighted by molar-refractivity contribution is 7.88. The molecule has 108 valence electrons. The average molecular weight is 288 g/mol. The zero-order valence-corrected chi connectivity index (χ0v) is 12.6. The Labute approximate surface area is 114 Å². The number of benzene rings is 1. The molecule has 4 nitrogen and oxygen atoms in total. The van der Waals surface area contributed by atoms with Crippen molar-refractivity contribution in [1.82, 2.24) is 10.0 Å². The topological polar surface area (TPSA) is 58.2 Å². The molecule has 6 heteroatoms. The Bertz CT molecular complexity index is 542. The van der Waals surface area contributed by atoms with E-state index in [0.29, 0.717) is 13.1 Å². The maximum absolute atomic E-state index is 12.9. The standard InChI is InChI=1S/C13H21FN2O2S/c1-10-7-12(14)6-5-11(10)8-15-9-13(2,3)16-19(4,17)18/h5-7,15-16H,8-9H2,1-4H3. The van der Waals surface area contributed by atoms with Crippen LogP contribution in [0, 0.1) is 12.7 Å². The summed E-state index contributed by atoms with van der Waals surface area (Å²) in [5, 5.41) is 3.18. The molecule has 0 aliphatic rings. The maximum Gasteiger partial charge on any atom is 0.209 e. The van der Waals surface area contributed by atoms with Gasteiger partial charge in [0.05, 0.1) is 6.26 Å². The summed E-state index contributed by atoms with van der Waals surface area (Å²) in [5.41, 5.74) is 1.31.